The zero-order valence-electron chi connectivity index (χ0n) is 12.0. The lowest BCUT2D eigenvalue weighted by atomic mass is 10.2. The van der Waals surface area contributed by atoms with Crippen LogP contribution in [0.1, 0.15) is 30.8 Å². The van der Waals surface area contributed by atoms with Crippen molar-refractivity contribution in [3.63, 3.8) is 0 Å². The van der Waals surface area contributed by atoms with E-state index in [4.69, 9.17) is 10.00 Å². The Kier molecular flexibility index (Phi) is 4.78. The van der Waals surface area contributed by atoms with Crippen LogP contribution in [0.25, 0.3) is 0 Å². The molecule has 0 radical (unpaired) electrons. The van der Waals surface area contributed by atoms with Crippen LogP contribution in [0.15, 0.2) is 30.3 Å². The summed E-state index contributed by atoms with van der Waals surface area (Å²) in [6.45, 7) is 5.43. The van der Waals surface area contributed by atoms with Gasteiger partial charge in [0.2, 0.25) is 0 Å². The summed E-state index contributed by atoms with van der Waals surface area (Å²) in [7, 11) is 0. The number of aromatic nitrogens is 2. The fraction of sp³-hybridized carbons (Fsp3) is 0.375. The fourth-order valence-electron chi connectivity index (χ4n) is 2.09. The molecule has 0 bridgehead atoms. The first kappa shape index (κ1) is 14.1. The first-order valence-corrected chi connectivity index (χ1v) is 6.96. The van der Waals surface area contributed by atoms with Crippen LogP contribution in [-0.4, -0.2) is 16.4 Å². The molecule has 0 aliphatic heterocycles. The lowest BCUT2D eigenvalue weighted by molar-refractivity contribution is 0.288. The Morgan fingerprint density at radius 2 is 2.05 bits per heavy atom. The average molecular weight is 269 g/mol. The summed E-state index contributed by atoms with van der Waals surface area (Å²) in [6, 6.07) is 11.6. The second-order valence-electron chi connectivity index (χ2n) is 4.51. The molecular weight excluding hydrogens is 250 g/mol. The number of nitrogens with zero attached hydrogens (tertiary/aromatic N) is 3. The van der Waals surface area contributed by atoms with E-state index in [1.165, 1.54) is 5.69 Å². The Balaban J connectivity index is 1.99. The van der Waals surface area contributed by atoms with Gasteiger partial charge < -0.3 is 4.74 Å². The molecule has 0 N–H and O–H groups in total. The summed E-state index contributed by atoms with van der Waals surface area (Å²) >= 11 is 0. The molecule has 0 fully saturated rings. The summed E-state index contributed by atoms with van der Waals surface area (Å²) in [6.07, 6.45) is 1.90. The molecule has 4 heteroatoms. The molecule has 0 atom stereocenters. The Hall–Kier alpha value is -2.28. The third kappa shape index (κ3) is 3.18. The predicted molar refractivity (Wildman–Crippen MR) is 77.6 cm³/mol. The van der Waals surface area contributed by atoms with Crippen molar-refractivity contribution < 1.29 is 4.74 Å². The van der Waals surface area contributed by atoms with Gasteiger partial charge in [0.15, 0.2) is 0 Å². The standard InChI is InChI=1S/C16H19N3O/c1-3-14-11-15(4-2)19(18-14)9-10-20-16-8-6-5-7-13(16)12-17/h5-8,11H,3-4,9-10H2,1-2H3. The second-order valence-corrected chi connectivity index (χ2v) is 4.51. The van der Waals surface area contributed by atoms with Crippen molar-refractivity contribution in [1.29, 1.82) is 5.26 Å². The molecule has 2 aromatic rings. The molecule has 0 aliphatic carbocycles. The minimum absolute atomic E-state index is 0.510. The third-order valence-electron chi connectivity index (χ3n) is 3.21. The normalized spacial score (nSPS) is 10.2. The molecule has 0 spiro atoms. The topological polar surface area (TPSA) is 50.8 Å². The van der Waals surface area contributed by atoms with Crippen LogP contribution < -0.4 is 4.74 Å². The molecule has 1 aromatic heterocycles. The Morgan fingerprint density at radius 1 is 1.25 bits per heavy atom. The molecule has 1 heterocycles. The monoisotopic (exact) mass is 269 g/mol. The van der Waals surface area contributed by atoms with Crippen molar-refractivity contribution in [2.75, 3.05) is 6.61 Å². The Labute approximate surface area is 119 Å². The molecule has 20 heavy (non-hydrogen) atoms. The van der Waals surface area contributed by atoms with E-state index in [1.54, 1.807) is 6.07 Å². The summed E-state index contributed by atoms with van der Waals surface area (Å²) in [5.41, 5.74) is 2.90. The molecule has 2 rings (SSSR count). The predicted octanol–water partition coefficient (Wildman–Crippen LogP) is 2.96. The lowest BCUT2D eigenvalue weighted by Crippen LogP contribution is -2.12. The van der Waals surface area contributed by atoms with Gasteiger partial charge in [0.05, 0.1) is 17.8 Å². The largest absolute Gasteiger partial charge is 0.490 e. The molecule has 0 unspecified atom stereocenters. The van der Waals surface area contributed by atoms with Crippen LogP contribution in [-0.2, 0) is 19.4 Å². The SMILES string of the molecule is CCc1cc(CC)n(CCOc2ccccc2C#N)n1. The van der Waals surface area contributed by atoms with E-state index in [0.717, 1.165) is 18.5 Å². The highest BCUT2D eigenvalue weighted by molar-refractivity contribution is 5.42. The molecular formula is C16H19N3O. The number of aryl methyl sites for hydroxylation is 2. The maximum Gasteiger partial charge on any atom is 0.137 e. The van der Waals surface area contributed by atoms with Gasteiger partial charge in [0.25, 0.3) is 0 Å². The van der Waals surface area contributed by atoms with Crippen molar-refractivity contribution in [3.05, 3.63) is 47.3 Å². The van der Waals surface area contributed by atoms with E-state index in [0.29, 0.717) is 24.5 Å². The van der Waals surface area contributed by atoms with Crippen LogP contribution >= 0.6 is 0 Å². The molecule has 0 saturated heterocycles. The number of hydrogen-bond acceptors (Lipinski definition) is 3. The van der Waals surface area contributed by atoms with E-state index in [1.807, 2.05) is 22.9 Å². The van der Waals surface area contributed by atoms with Crippen LogP contribution in [0.5, 0.6) is 5.75 Å². The zero-order valence-corrected chi connectivity index (χ0v) is 12.0. The number of rotatable bonds is 6. The van der Waals surface area contributed by atoms with Crippen LogP contribution in [0.2, 0.25) is 0 Å². The van der Waals surface area contributed by atoms with Crippen molar-refractivity contribution in [2.45, 2.75) is 33.2 Å². The quantitative estimate of drug-likeness (QED) is 0.810. The summed E-state index contributed by atoms with van der Waals surface area (Å²) in [5, 5.41) is 13.5. The van der Waals surface area contributed by atoms with Crippen LogP contribution in [0.3, 0.4) is 0 Å². The zero-order chi connectivity index (χ0) is 14.4. The molecule has 0 amide bonds. The van der Waals surface area contributed by atoms with Gasteiger partial charge >= 0.3 is 0 Å². The minimum atomic E-state index is 0.510. The van der Waals surface area contributed by atoms with Gasteiger partial charge in [-0.1, -0.05) is 26.0 Å². The first-order chi connectivity index (χ1) is 9.78. The van der Waals surface area contributed by atoms with Crippen molar-refractivity contribution >= 4 is 0 Å². The number of benzene rings is 1. The number of para-hydroxylation sites is 1. The van der Waals surface area contributed by atoms with E-state index in [-0.39, 0.29) is 0 Å². The maximum atomic E-state index is 9.00. The summed E-state index contributed by atoms with van der Waals surface area (Å²) < 4.78 is 7.68. The van der Waals surface area contributed by atoms with Gasteiger partial charge in [-0.2, -0.15) is 10.4 Å². The molecule has 4 nitrogen and oxygen atoms in total. The van der Waals surface area contributed by atoms with Gasteiger partial charge in [0, 0.05) is 5.69 Å². The fourth-order valence-corrected chi connectivity index (χ4v) is 2.09. The van der Waals surface area contributed by atoms with E-state index >= 15 is 0 Å². The van der Waals surface area contributed by atoms with Crippen molar-refractivity contribution in [2.24, 2.45) is 0 Å². The average Bonchev–Trinajstić information content (AvgIpc) is 2.90. The summed E-state index contributed by atoms with van der Waals surface area (Å²) in [5.74, 6) is 0.635. The first-order valence-electron chi connectivity index (χ1n) is 6.96. The Morgan fingerprint density at radius 3 is 2.75 bits per heavy atom. The molecule has 1 aromatic carbocycles. The molecule has 0 aliphatic rings. The molecule has 104 valence electrons. The highest BCUT2D eigenvalue weighted by atomic mass is 16.5. The van der Waals surface area contributed by atoms with Gasteiger partial charge in [0.1, 0.15) is 18.4 Å². The van der Waals surface area contributed by atoms with Crippen molar-refractivity contribution in [3.8, 4) is 11.8 Å². The van der Waals surface area contributed by atoms with E-state index in [2.05, 4.69) is 31.1 Å². The molecule has 0 saturated carbocycles. The van der Waals surface area contributed by atoms with Gasteiger partial charge in [-0.15, -0.1) is 0 Å². The van der Waals surface area contributed by atoms with Gasteiger partial charge in [-0.05, 0) is 31.0 Å². The highest BCUT2D eigenvalue weighted by Gasteiger charge is 2.06. The van der Waals surface area contributed by atoms with E-state index < -0.39 is 0 Å². The third-order valence-corrected chi connectivity index (χ3v) is 3.21. The van der Waals surface area contributed by atoms with Crippen LogP contribution in [0.4, 0.5) is 0 Å². The number of nitriles is 1. The second kappa shape index (κ2) is 6.76. The smallest absolute Gasteiger partial charge is 0.137 e. The van der Waals surface area contributed by atoms with Crippen molar-refractivity contribution in [1.82, 2.24) is 9.78 Å². The Bertz CT molecular complexity index is 610. The van der Waals surface area contributed by atoms with E-state index in [9.17, 15) is 0 Å². The lowest BCUT2D eigenvalue weighted by Gasteiger charge is -2.09. The number of ether oxygens (including phenoxy) is 1. The minimum Gasteiger partial charge on any atom is -0.490 e. The maximum absolute atomic E-state index is 9.00. The van der Waals surface area contributed by atoms with Crippen LogP contribution in [0, 0.1) is 11.3 Å². The van der Waals surface area contributed by atoms with Gasteiger partial charge in [-0.3, -0.25) is 4.68 Å². The van der Waals surface area contributed by atoms with Gasteiger partial charge in [-0.25, -0.2) is 0 Å². The number of hydrogen-bond donors (Lipinski definition) is 0. The highest BCUT2D eigenvalue weighted by Crippen LogP contribution is 2.16. The summed E-state index contributed by atoms with van der Waals surface area (Å²) in [4.78, 5) is 0.